The molecule has 1 N–H and O–H groups in total. The highest BCUT2D eigenvalue weighted by atomic mass is 35.5. The second kappa shape index (κ2) is 5.44. The van der Waals surface area contributed by atoms with Gasteiger partial charge in [-0.25, -0.2) is 18.4 Å². The van der Waals surface area contributed by atoms with Gasteiger partial charge in [-0.2, -0.15) is 0 Å². The molecule has 0 saturated carbocycles. The van der Waals surface area contributed by atoms with Crippen LogP contribution in [0.4, 0.5) is 5.69 Å². The molecular formula is C13H11Cl2N3O2S. The highest BCUT2D eigenvalue weighted by Crippen LogP contribution is 2.30. The maximum atomic E-state index is 12.4. The van der Waals surface area contributed by atoms with E-state index in [0.29, 0.717) is 0 Å². The van der Waals surface area contributed by atoms with Gasteiger partial charge in [0.15, 0.2) is 10.3 Å². The zero-order valence-corrected chi connectivity index (χ0v) is 13.1. The van der Waals surface area contributed by atoms with Gasteiger partial charge in [0.05, 0.1) is 4.90 Å². The summed E-state index contributed by atoms with van der Waals surface area (Å²) in [5, 5.41) is -0.0838. The molecule has 0 spiro atoms. The maximum Gasteiger partial charge on any atom is 0.262 e. The minimum Gasteiger partial charge on any atom is -0.274 e. The number of aromatic nitrogens is 2. The molecule has 3 rings (SSSR count). The van der Waals surface area contributed by atoms with E-state index in [2.05, 4.69) is 14.7 Å². The van der Waals surface area contributed by atoms with Gasteiger partial charge in [-0.1, -0.05) is 29.3 Å². The first kappa shape index (κ1) is 14.6. The van der Waals surface area contributed by atoms with Gasteiger partial charge < -0.3 is 0 Å². The standard InChI is InChI=1S/C13H11Cl2N3O2S/c14-12-11(13(15)17-7-16-12)18-21(19,20)10-5-4-8-2-1-3-9(8)6-10/h4-7,18H,1-3H2. The largest absolute Gasteiger partial charge is 0.274 e. The Labute approximate surface area is 132 Å². The van der Waals surface area contributed by atoms with Gasteiger partial charge in [-0.3, -0.25) is 4.72 Å². The second-order valence-corrected chi connectivity index (χ2v) is 7.12. The van der Waals surface area contributed by atoms with E-state index < -0.39 is 10.0 Å². The van der Waals surface area contributed by atoms with Crippen molar-refractivity contribution in [2.24, 2.45) is 0 Å². The van der Waals surface area contributed by atoms with E-state index in [1.54, 1.807) is 12.1 Å². The zero-order chi connectivity index (χ0) is 15.0. The van der Waals surface area contributed by atoms with Crippen LogP contribution in [0.2, 0.25) is 10.3 Å². The summed E-state index contributed by atoms with van der Waals surface area (Å²) < 4.78 is 27.2. The number of aryl methyl sites for hydroxylation is 2. The van der Waals surface area contributed by atoms with Crippen LogP contribution in [-0.4, -0.2) is 18.4 Å². The van der Waals surface area contributed by atoms with Crippen molar-refractivity contribution >= 4 is 38.9 Å². The van der Waals surface area contributed by atoms with Crippen LogP contribution >= 0.6 is 23.2 Å². The minimum absolute atomic E-state index is 0.0127. The fourth-order valence-corrected chi connectivity index (χ4v) is 3.98. The number of fused-ring (bicyclic) bond motifs is 1. The molecule has 5 nitrogen and oxygen atoms in total. The predicted molar refractivity (Wildman–Crippen MR) is 81.3 cm³/mol. The Kier molecular flexibility index (Phi) is 3.77. The summed E-state index contributed by atoms with van der Waals surface area (Å²) in [6.45, 7) is 0. The van der Waals surface area contributed by atoms with E-state index in [9.17, 15) is 8.42 Å². The van der Waals surface area contributed by atoms with Crippen molar-refractivity contribution in [2.45, 2.75) is 24.2 Å². The summed E-state index contributed by atoms with van der Waals surface area (Å²) in [6.07, 6.45) is 4.11. The first-order valence-corrected chi connectivity index (χ1v) is 8.52. The average molecular weight is 344 g/mol. The molecule has 0 saturated heterocycles. The lowest BCUT2D eigenvalue weighted by atomic mass is 10.1. The Hall–Kier alpha value is -1.37. The Morgan fingerprint density at radius 1 is 1.05 bits per heavy atom. The van der Waals surface area contributed by atoms with Crippen LogP contribution in [0.3, 0.4) is 0 Å². The lowest BCUT2D eigenvalue weighted by Crippen LogP contribution is -2.14. The molecule has 0 aliphatic heterocycles. The van der Waals surface area contributed by atoms with Crippen molar-refractivity contribution in [3.05, 3.63) is 46.0 Å². The molecule has 0 amide bonds. The van der Waals surface area contributed by atoms with E-state index in [4.69, 9.17) is 23.2 Å². The maximum absolute atomic E-state index is 12.4. The number of rotatable bonds is 3. The third-order valence-corrected chi connectivity index (χ3v) is 5.29. The molecule has 1 aromatic carbocycles. The SMILES string of the molecule is O=S(=O)(Nc1c(Cl)ncnc1Cl)c1ccc2c(c1)CCC2. The van der Waals surface area contributed by atoms with Crippen LogP contribution < -0.4 is 4.72 Å². The summed E-state index contributed by atoms with van der Waals surface area (Å²) in [7, 11) is -3.78. The highest BCUT2D eigenvalue weighted by Gasteiger charge is 2.21. The molecule has 1 aliphatic rings. The summed E-state index contributed by atoms with van der Waals surface area (Å²) in [4.78, 5) is 7.62. The first-order chi connectivity index (χ1) is 9.97. The number of nitrogens with zero attached hydrogens (tertiary/aromatic N) is 2. The van der Waals surface area contributed by atoms with Crippen LogP contribution in [0.15, 0.2) is 29.4 Å². The number of halogens is 2. The van der Waals surface area contributed by atoms with Gasteiger partial charge >= 0.3 is 0 Å². The molecular weight excluding hydrogens is 333 g/mol. The summed E-state index contributed by atoms with van der Waals surface area (Å²) in [5.41, 5.74) is 2.26. The fourth-order valence-electron chi connectivity index (χ4n) is 2.34. The third kappa shape index (κ3) is 2.84. The fraction of sp³-hybridized carbons (Fsp3) is 0.231. The number of anilines is 1. The van der Waals surface area contributed by atoms with Gasteiger partial charge in [0.2, 0.25) is 0 Å². The number of hydrogen-bond donors (Lipinski definition) is 1. The van der Waals surface area contributed by atoms with Crippen molar-refractivity contribution in [3.63, 3.8) is 0 Å². The molecule has 1 aliphatic carbocycles. The zero-order valence-electron chi connectivity index (χ0n) is 10.8. The molecule has 8 heteroatoms. The normalized spacial score (nSPS) is 14.0. The number of benzene rings is 1. The van der Waals surface area contributed by atoms with Gasteiger partial charge in [0, 0.05) is 0 Å². The Morgan fingerprint density at radius 3 is 2.43 bits per heavy atom. The monoisotopic (exact) mass is 343 g/mol. The van der Waals surface area contributed by atoms with Gasteiger partial charge in [0.25, 0.3) is 10.0 Å². The molecule has 0 unspecified atom stereocenters. The predicted octanol–water partition coefficient (Wildman–Crippen LogP) is 3.07. The Balaban J connectivity index is 1.98. The van der Waals surface area contributed by atoms with Gasteiger partial charge in [-0.05, 0) is 42.5 Å². The third-order valence-electron chi connectivity index (χ3n) is 3.37. The summed E-state index contributed by atoms with van der Waals surface area (Å²) >= 11 is 11.7. The molecule has 21 heavy (non-hydrogen) atoms. The van der Waals surface area contributed by atoms with Crippen molar-refractivity contribution in [3.8, 4) is 0 Å². The van der Waals surface area contributed by atoms with Crippen LogP contribution in [0, 0.1) is 0 Å². The smallest absolute Gasteiger partial charge is 0.262 e. The van der Waals surface area contributed by atoms with Gasteiger partial charge in [0.1, 0.15) is 12.0 Å². The van der Waals surface area contributed by atoms with Crippen LogP contribution in [0.25, 0.3) is 0 Å². The number of sulfonamides is 1. The van der Waals surface area contributed by atoms with Crippen molar-refractivity contribution in [1.82, 2.24) is 9.97 Å². The number of nitrogens with one attached hydrogen (secondary N) is 1. The first-order valence-electron chi connectivity index (χ1n) is 6.28. The van der Waals surface area contributed by atoms with Crippen LogP contribution in [-0.2, 0) is 22.9 Å². The van der Waals surface area contributed by atoms with E-state index in [1.807, 2.05) is 6.07 Å². The van der Waals surface area contributed by atoms with Crippen LogP contribution in [0.5, 0.6) is 0 Å². The topological polar surface area (TPSA) is 72.0 Å². The van der Waals surface area contributed by atoms with Crippen LogP contribution in [0.1, 0.15) is 17.5 Å². The van der Waals surface area contributed by atoms with E-state index >= 15 is 0 Å². The van der Waals surface area contributed by atoms with Gasteiger partial charge in [-0.15, -0.1) is 0 Å². The molecule has 1 heterocycles. The Bertz CT molecular complexity index is 789. The molecule has 0 radical (unpaired) electrons. The molecule has 0 atom stereocenters. The highest BCUT2D eigenvalue weighted by molar-refractivity contribution is 7.92. The van der Waals surface area contributed by atoms with Crippen molar-refractivity contribution in [1.29, 1.82) is 0 Å². The Morgan fingerprint density at radius 2 is 1.71 bits per heavy atom. The van der Waals surface area contributed by atoms with Crippen molar-refractivity contribution < 1.29 is 8.42 Å². The summed E-state index contributed by atoms with van der Waals surface area (Å²) in [5.74, 6) is 0. The molecule has 2 aromatic rings. The molecule has 0 fully saturated rings. The average Bonchev–Trinajstić information content (AvgIpc) is 2.90. The lowest BCUT2D eigenvalue weighted by Gasteiger charge is -2.11. The molecule has 0 bridgehead atoms. The van der Waals surface area contributed by atoms with E-state index in [0.717, 1.165) is 31.2 Å². The minimum atomic E-state index is -3.78. The van der Waals surface area contributed by atoms with E-state index in [1.165, 1.54) is 5.56 Å². The summed E-state index contributed by atoms with van der Waals surface area (Å²) in [6, 6.07) is 5.12. The second-order valence-electron chi connectivity index (χ2n) is 4.72. The lowest BCUT2D eigenvalue weighted by molar-refractivity contribution is 0.601. The quantitative estimate of drug-likeness (QED) is 0.869. The molecule has 1 aromatic heterocycles. The van der Waals surface area contributed by atoms with E-state index in [-0.39, 0.29) is 20.9 Å². The number of hydrogen-bond acceptors (Lipinski definition) is 4. The van der Waals surface area contributed by atoms with Crippen molar-refractivity contribution in [2.75, 3.05) is 4.72 Å². The molecule has 110 valence electrons.